The van der Waals surface area contributed by atoms with E-state index in [0.717, 1.165) is 24.3 Å². The lowest BCUT2D eigenvalue weighted by molar-refractivity contribution is 0.304. The summed E-state index contributed by atoms with van der Waals surface area (Å²) in [6, 6.07) is 8.09. The van der Waals surface area contributed by atoms with Crippen molar-refractivity contribution in [3.05, 3.63) is 29.8 Å². The van der Waals surface area contributed by atoms with Crippen LogP contribution in [0.3, 0.4) is 0 Å². The highest BCUT2D eigenvalue weighted by Gasteiger charge is 1.96. The summed E-state index contributed by atoms with van der Waals surface area (Å²) in [4.78, 5) is 0. The number of ether oxygens (including phenoxy) is 1. The Morgan fingerprint density at radius 3 is 2.10 bits per heavy atom. The molecule has 2 heteroatoms. The lowest BCUT2D eigenvalue weighted by atomic mass is 10.1. The first-order valence-corrected chi connectivity index (χ1v) is 8.78. The van der Waals surface area contributed by atoms with Gasteiger partial charge in [0.15, 0.2) is 0 Å². The molecule has 1 aromatic carbocycles. The van der Waals surface area contributed by atoms with Gasteiger partial charge in [0.25, 0.3) is 0 Å². The zero-order valence-electron chi connectivity index (χ0n) is 13.8. The van der Waals surface area contributed by atoms with E-state index in [9.17, 15) is 0 Å². The Morgan fingerprint density at radius 2 is 1.48 bits per heavy atom. The molecule has 0 amide bonds. The molecular formula is C19H33NO. The second-order valence-electron chi connectivity index (χ2n) is 5.88. The third-order valence-electron chi connectivity index (χ3n) is 3.90. The van der Waals surface area contributed by atoms with Crippen molar-refractivity contribution in [3.63, 3.8) is 0 Å². The first-order valence-electron chi connectivity index (χ1n) is 8.78. The first kappa shape index (κ1) is 18.0. The van der Waals surface area contributed by atoms with E-state index in [1.807, 2.05) is 24.3 Å². The van der Waals surface area contributed by atoms with Crippen molar-refractivity contribution in [2.24, 2.45) is 5.73 Å². The van der Waals surface area contributed by atoms with Crippen LogP contribution in [0.25, 0.3) is 0 Å². The van der Waals surface area contributed by atoms with Gasteiger partial charge in [0.1, 0.15) is 5.75 Å². The Morgan fingerprint density at radius 1 is 0.857 bits per heavy atom. The molecular weight excluding hydrogens is 258 g/mol. The lowest BCUT2D eigenvalue weighted by Crippen LogP contribution is -2.00. The molecule has 0 aliphatic heterocycles. The van der Waals surface area contributed by atoms with E-state index in [-0.39, 0.29) is 0 Å². The Labute approximate surface area is 131 Å². The fourth-order valence-corrected chi connectivity index (χ4v) is 2.54. The van der Waals surface area contributed by atoms with E-state index < -0.39 is 0 Å². The van der Waals surface area contributed by atoms with Crippen molar-refractivity contribution in [2.45, 2.75) is 77.7 Å². The van der Waals surface area contributed by atoms with Gasteiger partial charge >= 0.3 is 0 Å². The van der Waals surface area contributed by atoms with Gasteiger partial charge in [-0.05, 0) is 24.1 Å². The molecule has 0 unspecified atom stereocenters. The van der Waals surface area contributed by atoms with Gasteiger partial charge < -0.3 is 10.5 Å². The largest absolute Gasteiger partial charge is 0.494 e. The van der Waals surface area contributed by atoms with Crippen LogP contribution in [0.4, 0.5) is 0 Å². The topological polar surface area (TPSA) is 35.2 Å². The third kappa shape index (κ3) is 9.52. The van der Waals surface area contributed by atoms with Gasteiger partial charge in [0.2, 0.25) is 0 Å². The number of unbranched alkanes of at least 4 members (excludes halogenated alkanes) is 9. The molecule has 2 N–H and O–H groups in total. The molecule has 0 aliphatic carbocycles. The zero-order valence-corrected chi connectivity index (χ0v) is 13.8. The van der Waals surface area contributed by atoms with Crippen molar-refractivity contribution < 1.29 is 4.74 Å². The predicted octanol–water partition coefficient (Wildman–Crippen LogP) is 5.45. The van der Waals surface area contributed by atoms with Crippen LogP contribution in [0.5, 0.6) is 5.75 Å². The van der Waals surface area contributed by atoms with E-state index in [0.29, 0.717) is 6.54 Å². The number of hydrogen-bond acceptors (Lipinski definition) is 2. The van der Waals surface area contributed by atoms with Gasteiger partial charge in [-0.25, -0.2) is 0 Å². The molecule has 0 fully saturated rings. The van der Waals surface area contributed by atoms with Gasteiger partial charge in [-0.2, -0.15) is 0 Å². The Kier molecular flexibility index (Phi) is 10.9. The average molecular weight is 291 g/mol. The minimum atomic E-state index is 0.579. The highest BCUT2D eigenvalue weighted by atomic mass is 16.5. The standard InChI is InChI=1S/C19H33NO/c1-2-3-4-5-6-7-8-9-10-11-15-21-19-14-12-13-18(16-19)17-20/h12-14,16H,2-11,15,17,20H2,1H3. The minimum absolute atomic E-state index is 0.579. The number of benzene rings is 1. The second-order valence-corrected chi connectivity index (χ2v) is 5.88. The second kappa shape index (κ2) is 12.7. The van der Waals surface area contributed by atoms with Crippen molar-refractivity contribution in [2.75, 3.05) is 6.61 Å². The van der Waals surface area contributed by atoms with Crippen LogP contribution >= 0.6 is 0 Å². The monoisotopic (exact) mass is 291 g/mol. The summed E-state index contributed by atoms with van der Waals surface area (Å²) in [5, 5.41) is 0. The lowest BCUT2D eigenvalue weighted by Gasteiger charge is -2.07. The van der Waals surface area contributed by atoms with Crippen LogP contribution in [0, 0.1) is 0 Å². The number of rotatable bonds is 13. The fraction of sp³-hybridized carbons (Fsp3) is 0.684. The molecule has 2 nitrogen and oxygen atoms in total. The molecule has 0 heterocycles. The summed E-state index contributed by atoms with van der Waals surface area (Å²) in [6.45, 7) is 3.67. The normalized spacial score (nSPS) is 10.8. The molecule has 0 saturated carbocycles. The van der Waals surface area contributed by atoms with Gasteiger partial charge in [-0.1, -0.05) is 76.8 Å². The van der Waals surface area contributed by atoms with E-state index >= 15 is 0 Å². The molecule has 0 aromatic heterocycles. The quantitative estimate of drug-likeness (QED) is 0.491. The molecule has 21 heavy (non-hydrogen) atoms. The Balaban J connectivity index is 1.90. The molecule has 120 valence electrons. The van der Waals surface area contributed by atoms with E-state index in [1.165, 1.54) is 57.8 Å². The molecule has 1 aromatic rings. The number of hydrogen-bond donors (Lipinski definition) is 1. The van der Waals surface area contributed by atoms with Crippen LogP contribution in [0.2, 0.25) is 0 Å². The summed E-state index contributed by atoms with van der Waals surface area (Å²) in [5.41, 5.74) is 6.76. The molecule has 0 radical (unpaired) electrons. The molecule has 0 aliphatic rings. The van der Waals surface area contributed by atoms with Gasteiger partial charge in [-0.15, -0.1) is 0 Å². The Bertz CT molecular complexity index is 351. The third-order valence-corrected chi connectivity index (χ3v) is 3.90. The molecule has 0 spiro atoms. The van der Waals surface area contributed by atoms with Crippen molar-refractivity contribution >= 4 is 0 Å². The maximum absolute atomic E-state index is 5.76. The smallest absolute Gasteiger partial charge is 0.119 e. The summed E-state index contributed by atoms with van der Waals surface area (Å²) < 4.78 is 5.76. The van der Waals surface area contributed by atoms with Crippen LogP contribution in [0.15, 0.2) is 24.3 Å². The van der Waals surface area contributed by atoms with E-state index in [4.69, 9.17) is 10.5 Å². The summed E-state index contributed by atoms with van der Waals surface area (Å²) >= 11 is 0. The highest BCUT2D eigenvalue weighted by Crippen LogP contribution is 2.14. The van der Waals surface area contributed by atoms with E-state index in [1.54, 1.807) is 0 Å². The minimum Gasteiger partial charge on any atom is -0.494 e. The predicted molar refractivity (Wildman–Crippen MR) is 91.7 cm³/mol. The Hall–Kier alpha value is -1.02. The van der Waals surface area contributed by atoms with Crippen LogP contribution < -0.4 is 10.5 Å². The van der Waals surface area contributed by atoms with Crippen LogP contribution in [-0.2, 0) is 6.54 Å². The molecule has 0 atom stereocenters. The summed E-state index contributed by atoms with van der Waals surface area (Å²) in [7, 11) is 0. The summed E-state index contributed by atoms with van der Waals surface area (Å²) in [5.74, 6) is 0.953. The molecule has 0 bridgehead atoms. The maximum atomic E-state index is 5.76. The van der Waals surface area contributed by atoms with Gasteiger partial charge in [0, 0.05) is 6.54 Å². The van der Waals surface area contributed by atoms with Gasteiger partial charge in [-0.3, -0.25) is 0 Å². The molecule has 1 rings (SSSR count). The average Bonchev–Trinajstić information content (AvgIpc) is 2.53. The van der Waals surface area contributed by atoms with Crippen LogP contribution in [0.1, 0.15) is 76.7 Å². The zero-order chi connectivity index (χ0) is 15.2. The summed E-state index contributed by atoms with van der Waals surface area (Å²) in [6.07, 6.45) is 13.6. The van der Waals surface area contributed by atoms with E-state index in [2.05, 4.69) is 6.92 Å². The highest BCUT2D eigenvalue weighted by molar-refractivity contribution is 5.28. The van der Waals surface area contributed by atoms with Crippen LogP contribution in [-0.4, -0.2) is 6.61 Å². The first-order chi connectivity index (χ1) is 10.4. The fourth-order valence-electron chi connectivity index (χ4n) is 2.54. The number of nitrogens with two attached hydrogens (primary N) is 1. The van der Waals surface area contributed by atoms with Gasteiger partial charge in [0.05, 0.1) is 6.61 Å². The van der Waals surface area contributed by atoms with Crippen molar-refractivity contribution in [1.82, 2.24) is 0 Å². The van der Waals surface area contributed by atoms with Crippen molar-refractivity contribution in [1.29, 1.82) is 0 Å². The molecule has 0 saturated heterocycles. The maximum Gasteiger partial charge on any atom is 0.119 e. The SMILES string of the molecule is CCCCCCCCCCCCOc1cccc(CN)c1. The van der Waals surface area contributed by atoms with Crippen molar-refractivity contribution in [3.8, 4) is 5.75 Å².